The van der Waals surface area contributed by atoms with Gasteiger partial charge in [0.1, 0.15) is 0 Å². The average molecular weight is 252 g/mol. The van der Waals surface area contributed by atoms with Crippen LogP contribution < -0.4 is 0 Å². The van der Waals surface area contributed by atoms with Crippen molar-refractivity contribution in [3.05, 3.63) is 37.2 Å². The number of halogens is 7. The van der Waals surface area contributed by atoms with E-state index in [2.05, 4.69) is 13.2 Å². The van der Waals surface area contributed by atoms with E-state index >= 15 is 0 Å². The molecule has 0 aromatic rings. The molecule has 0 bridgehead atoms. The predicted molar refractivity (Wildman–Crippen MR) is 48.4 cm³/mol. The third-order valence-corrected chi connectivity index (χ3v) is 0.617. The number of rotatable bonds is 2. The second kappa shape index (κ2) is 13.7. The molecule has 0 aromatic heterocycles. The van der Waals surface area contributed by atoms with E-state index in [0.29, 0.717) is 19.1 Å². The van der Waals surface area contributed by atoms with Crippen molar-refractivity contribution in [2.24, 2.45) is 0 Å². The topological polar surface area (TPSA) is 0 Å². The lowest BCUT2D eigenvalue weighted by Gasteiger charge is -1.75. The minimum absolute atomic E-state index is 0.583. The first-order chi connectivity index (χ1) is 7.18. The molecule has 0 nitrogen and oxygen atoms in total. The van der Waals surface area contributed by atoms with Gasteiger partial charge in [-0.2, -0.15) is 8.78 Å². The van der Waals surface area contributed by atoms with Crippen molar-refractivity contribution < 1.29 is 30.7 Å². The smallest absolute Gasteiger partial charge is 0.206 e. The molecule has 0 aliphatic heterocycles. The van der Waals surface area contributed by atoms with Crippen LogP contribution >= 0.6 is 0 Å². The number of hydrogen-bond donors (Lipinski definition) is 0. The molecule has 0 aromatic carbocycles. The Labute approximate surface area is 88.8 Å². The van der Waals surface area contributed by atoms with Gasteiger partial charge in [-0.05, 0) is 19.1 Å². The lowest BCUT2D eigenvalue weighted by Crippen LogP contribution is -1.74. The summed E-state index contributed by atoms with van der Waals surface area (Å²) >= 11 is 0. The third kappa shape index (κ3) is 38.7. The van der Waals surface area contributed by atoms with Crippen LogP contribution in [0.4, 0.5) is 30.7 Å². The summed E-state index contributed by atoms with van der Waals surface area (Å²) < 4.78 is 74.9. The standard InChI is InChI=1S/C3H3F3.2C3H4F2/c1-2(4)3(5)6;2*1-2-3(4)5/h1H3;2*2-3H,1H2. The summed E-state index contributed by atoms with van der Waals surface area (Å²) in [4.78, 5) is 0. The van der Waals surface area contributed by atoms with Gasteiger partial charge < -0.3 is 0 Å². The maximum absolute atomic E-state index is 11.0. The Morgan fingerprint density at radius 1 is 0.875 bits per heavy atom. The van der Waals surface area contributed by atoms with Crippen LogP contribution in [0.5, 0.6) is 0 Å². The first-order valence-electron chi connectivity index (χ1n) is 3.67. The van der Waals surface area contributed by atoms with E-state index in [0.717, 1.165) is 0 Å². The maximum atomic E-state index is 11.0. The van der Waals surface area contributed by atoms with Crippen molar-refractivity contribution >= 4 is 0 Å². The van der Waals surface area contributed by atoms with Gasteiger partial charge in [-0.15, -0.1) is 0 Å². The molecule has 0 saturated heterocycles. The summed E-state index contributed by atoms with van der Waals surface area (Å²) in [7, 11) is 0. The van der Waals surface area contributed by atoms with E-state index in [-0.39, 0.29) is 0 Å². The van der Waals surface area contributed by atoms with Crippen LogP contribution in [0.15, 0.2) is 37.2 Å². The van der Waals surface area contributed by atoms with Crippen molar-refractivity contribution in [2.45, 2.75) is 19.8 Å². The van der Waals surface area contributed by atoms with Gasteiger partial charge >= 0.3 is 6.08 Å². The van der Waals surface area contributed by atoms with Crippen molar-refractivity contribution in [2.75, 3.05) is 0 Å². The molecule has 0 heterocycles. The van der Waals surface area contributed by atoms with E-state index < -0.39 is 24.8 Å². The second-order valence-corrected chi connectivity index (χ2v) is 1.93. The molecule has 0 N–H and O–H groups in total. The summed E-state index contributed by atoms with van der Waals surface area (Å²) in [5, 5.41) is 0. The van der Waals surface area contributed by atoms with E-state index in [9.17, 15) is 30.7 Å². The number of hydrogen-bond acceptors (Lipinski definition) is 0. The first kappa shape index (κ1) is 20.2. The monoisotopic (exact) mass is 252 g/mol. The highest BCUT2D eigenvalue weighted by Gasteiger charge is 1.92. The Morgan fingerprint density at radius 3 is 1.00 bits per heavy atom. The van der Waals surface area contributed by atoms with Gasteiger partial charge in [0.05, 0.1) is 0 Å². The van der Waals surface area contributed by atoms with E-state index in [1.165, 1.54) is 0 Å². The maximum Gasteiger partial charge on any atom is 0.301 e. The number of alkyl halides is 4. The Bertz CT molecular complexity index is 178. The summed E-state index contributed by atoms with van der Waals surface area (Å²) in [6.07, 6.45) is -5.78. The van der Waals surface area contributed by atoms with Crippen LogP contribution in [0.1, 0.15) is 6.92 Å². The molecule has 0 aliphatic rings. The molecule has 0 spiro atoms. The predicted octanol–water partition coefficient (Wildman–Crippen LogP) is 4.96. The first-order valence-corrected chi connectivity index (χ1v) is 3.67. The molecule has 96 valence electrons. The lowest BCUT2D eigenvalue weighted by molar-refractivity contribution is 0.204. The molecule has 0 rings (SSSR count). The van der Waals surface area contributed by atoms with Gasteiger partial charge in [0.2, 0.25) is 0 Å². The molecule has 16 heavy (non-hydrogen) atoms. The molecule has 0 aliphatic carbocycles. The minimum atomic E-state index is -2.35. The molecule has 0 atom stereocenters. The molecule has 0 fully saturated rings. The third-order valence-electron chi connectivity index (χ3n) is 0.617. The van der Waals surface area contributed by atoms with Gasteiger partial charge in [-0.1, -0.05) is 13.2 Å². The van der Waals surface area contributed by atoms with Crippen molar-refractivity contribution in [3.63, 3.8) is 0 Å². The van der Waals surface area contributed by atoms with Crippen LogP contribution in [-0.2, 0) is 0 Å². The zero-order valence-corrected chi connectivity index (χ0v) is 8.37. The molecule has 0 unspecified atom stereocenters. The van der Waals surface area contributed by atoms with Crippen LogP contribution in [0.25, 0.3) is 0 Å². The number of allylic oxidation sites excluding steroid dienone is 3. The Kier molecular flexibility index (Phi) is 17.3. The molecule has 0 radical (unpaired) electrons. The summed E-state index contributed by atoms with van der Waals surface area (Å²) in [5.74, 6) is -1.41. The van der Waals surface area contributed by atoms with E-state index in [1.807, 2.05) is 0 Å². The Hall–Kier alpha value is -1.27. The highest BCUT2D eigenvalue weighted by molar-refractivity contribution is 4.84. The normalized spacial score (nSPS) is 8.38. The Morgan fingerprint density at radius 2 is 1.00 bits per heavy atom. The molecule has 7 heteroatoms. The molecule has 0 amide bonds. The van der Waals surface area contributed by atoms with Crippen LogP contribution in [0, 0.1) is 0 Å². The van der Waals surface area contributed by atoms with E-state index in [4.69, 9.17) is 0 Å². The zero-order chi connectivity index (χ0) is 13.7. The highest BCUT2D eigenvalue weighted by atomic mass is 19.3. The van der Waals surface area contributed by atoms with Crippen LogP contribution in [-0.4, -0.2) is 12.9 Å². The van der Waals surface area contributed by atoms with E-state index in [1.54, 1.807) is 0 Å². The average Bonchev–Trinajstić information content (AvgIpc) is 2.19. The fourth-order valence-corrected chi connectivity index (χ4v) is 0. The van der Waals surface area contributed by atoms with Gasteiger partial charge in [0, 0.05) is 0 Å². The quantitative estimate of drug-likeness (QED) is 0.481. The molecular formula is C9H11F7. The van der Waals surface area contributed by atoms with Crippen molar-refractivity contribution in [1.82, 2.24) is 0 Å². The van der Waals surface area contributed by atoms with Gasteiger partial charge in [0.15, 0.2) is 5.83 Å². The van der Waals surface area contributed by atoms with Gasteiger partial charge in [-0.3, -0.25) is 0 Å². The SMILES string of the molecule is C=CC(F)F.C=CC(F)F.CC(F)=C(F)F. The lowest BCUT2D eigenvalue weighted by atomic mass is 10.7. The molecule has 0 saturated carbocycles. The van der Waals surface area contributed by atoms with Crippen molar-refractivity contribution in [1.29, 1.82) is 0 Å². The molecular weight excluding hydrogens is 241 g/mol. The van der Waals surface area contributed by atoms with Crippen LogP contribution in [0.2, 0.25) is 0 Å². The fraction of sp³-hybridized carbons (Fsp3) is 0.333. The summed E-state index contributed by atoms with van der Waals surface area (Å²) in [5.41, 5.74) is 0. The van der Waals surface area contributed by atoms with Crippen LogP contribution in [0.3, 0.4) is 0 Å². The highest BCUT2D eigenvalue weighted by Crippen LogP contribution is 2.05. The largest absolute Gasteiger partial charge is 0.301 e. The summed E-state index contributed by atoms with van der Waals surface area (Å²) in [6.45, 7) is 6.32. The zero-order valence-electron chi connectivity index (χ0n) is 8.37. The fourth-order valence-electron chi connectivity index (χ4n) is 0. The van der Waals surface area contributed by atoms with Crippen molar-refractivity contribution in [3.8, 4) is 0 Å². The summed E-state index contributed by atoms with van der Waals surface area (Å²) in [6, 6.07) is 0. The van der Waals surface area contributed by atoms with Gasteiger partial charge in [0.25, 0.3) is 12.9 Å². The minimum Gasteiger partial charge on any atom is -0.206 e. The second-order valence-electron chi connectivity index (χ2n) is 1.93. The van der Waals surface area contributed by atoms with Gasteiger partial charge in [-0.25, -0.2) is 22.0 Å². The Balaban J connectivity index is -0.000000160.